The van der Waals surface area contributed by atoms with Gasteiger partial charge in [-0.05, 0) is 29.9 Å². The first-order chi connectivity index (χ1) is 9.63. The topological polar surface area (TPSA) is 0 Å². The first kappa shape index (κ1) is 17.8. The fraction of sp³-hybridized carbons (Fsp3) is 0.684. The molecule has 0 heterocycles. The van der Waals surface area contributed by atoms with E-state index in [9.17, 15) is 0 Å². The minimum Gasteiger partial charge on any atom is -0.0839 e. The van der Waals surface area contributed by atoms with Crippen LogP contribution in [0.25, 0.3) is 0 Å². The molecule has 0 saturated heterocycles. The van der Waals surface area contributed by atoms with Crippen LogP contribution in [0.4, 0.5) is 0 Å². The Morgan fingerprint density at radius 2 is 1.50 bits per heavy atom. The molecule has 0 amide bonds. The third kappa shape index (κ3) is 7.47. The van der Waals surface area contributed by atoms with Gasteiger partial charge in [0, 0.05) is 4.83 Å². The van der Waals surface area contributed by atoms with E-state index >= 15 is 0 Å². The Morgan fingerprint density at radius 1 is 0.900 bits per heavy atom. The Balaban J connectivity index is 2.27. The van der Waals surface area contributed by atoms with Gasteiger partial charge in [-0.1, -0.05) is 99.5 Å². The second-order valence-corrected chi connectivity index (χ2v) is 7.47. The van der Waals surface area contributed by atoms with E-state index in [0.29, 0.717) is 4.83 Å². The predicted molar refractivity (Wildman–Crippen MR) is 94.6 cm³/mol. The molecular formula is C19H31Br. The van der Waals surface area contributed by atoms with Gasteiger partial charge in [0.2, 0.25) is 0 Å². The van der Waals surface area contributed by atoms with E-state index in [1.54, 1.807) is 0 Å². The predicted octanol–water partition coefficient (Wildman–Crippen LogP) is 7.07. The molecule has 114 valence electrons. The van der Waals surface area contributed by atoms with Crippen LogP contribution >= 0.6 is 15.9 Å². The fourth-order valence-corrected chi connectivity index (χ4v) is 3.23. The highest BCUT2D eigenvalue weighted by Crippen LogP contribution is 2.29. The smallest absolute Gasteiger partial charge is 0.0395 e. The Bertz CT molecular complexity index is 339. The van der Waals surface area contributed by atoms with E-state index in [2.05, 4.69) is 61.0 Å². The van der Waals surface area contributed by atoms with Crippen LogP contribution in [0, 0.1) is 5.92 Å². The zero-order valence-electron chi connectivity index (χ0n) is 13.5. The van der Waals surface area contributed by atoms with Gasteiger partial charge in [-0.2, -0.15) is 0 Å². The van der Waals surface area contributed by atoms with Gasteiger partial charge < -0.3 is 0 Å². The molecule has 0 fully saturated rings. The van der Waals surface area contributed by atoms with Crippen LogP contribution in [0.15, 0.2) is 24.3 Å². The zero-order chi connectivity index (χ0) is 14.8. The molecule has 1 heteroatoms. The van der Waals surface area contributed by atoms with Crippen molar-refractivity contribution in [3.8, 4) is 0 Å². The van der Waals surface area contributed by atoms with Gasteiger partial charge in [0.25, 0.3) is 0 Å². The van der Waals surface area contributed by atoms with E-state index < -0.39 is 0 Å². The van der Waals surface area contributed by atoms with Crippen molar-refractivity contribution in [2.75, 3.05) is 0 Å². The number of benzene rings is 1. The Labute approximate surface area is 134 Å². The molecule has 0 bridgehead atoms. The molecule has 0 aliphatic carbocycles. The van der Waals surface area contributed by atoms with Crippen molar-refractivity contribution in [3.63, 3.8) is 0 Å². The zero-order valence-corrected chi connectivity index (χ0v) is 15.1. The van der Waals surface area contributed by atoms with Crippen molar-refractivity contribution in [1.29, 1.82) is 0 Å². The monoisotopic (exact) mass is 338 g/mol. The van der Waals surface area contributed by atoms with Gasteiger partial charge in [-0.15, -0.1) is 0 Å². The molecule has 0 aliphatic rings. The first-order valence-corrected chi connectivity index (χ1v) is 9.28. The molecule has 1 unspecified atom stereocenters. The quantitative estimate of drug-likeness (QED) is 0.316. The van der Waals surface area contributed by atoms with Crippen LogP contribution in [0.2, 0.25) is 0 Å². The van der Waals surface area contributed by atoms with Gasteiger partial charge in [0.05, 0.1) is 0 Å². The van der Waals surface area contributed by atoms with E-state index in [-0.39, 0.29) is 0 Å². The number of unbranched alkanes of at least 4 members (excludes halogenated alkanes) is 5. The molecule has 20 heavy (non-hydrogen) atoms. The van der Waals surface area contributed by atoms with Crippen molar-refractivity contribution in [2.24, 2.45) is 5.92 Å². The highest BCUT2D eigenvalue weighted by Gasteiger charge is 2.07. The molecule has 0 aliphatic heterocycles. The lowest BCUT2D eigenvalue weighted by Gasteiger charge is -2.12. The van der Waals surface area contributed by atoms with Crippen molar-refractivity contribution in [3.05, 3.63) is 35.4 Å². The Morgan fingerprint density at radius 3 is 2.10 bits per heavy atom. The molecule has 0 aromatic heterocycles. The standard InChI is InChI=1S/C19H31Br/c1-4-5-6-7-8-9-10-19(20)18-13-11-17(12-14-18)15-16(2)3/h11-14,16,19H,4-10,15H2,1-3H3. The van der Waals surface area contributed by atoms with E-state index in [1.807, 2.05) is 0 Å². The highest BCUT2D eigenvalue weighted by molar-refractivity contribution is 9.09. The summed E-state index contributed by atoms with van der Waals surface area (Å²) in [5, 5.41) is 0. The Hall–Kier alpha value is -0.300. The normalized spacial score (nSPS) is 12.8. The van der Waals surface area contributed by atoms with Crippen LogP contribution in [0.1, 0.15) is 81.7 Å². The molecular weight excluding hydrogens is 308 g/mol. The summed E-state index contributed by atoms with van der Waals surface area (Å²) in [5.41, 5.74) is 2.90. The number of rotatable bonds is 10. The van der Waals surface area contributed by atoms with Crippen molar-refractivity contribution in [2.45, 2.75) is 77.0 Å². The average Bonchev–Trinajstić information content (AvgIpc) is 2.42. The average molecular weight is 339 g/mol. The third-order valence-corrected chi connectivity index (χ3v) is 4.78. The number of alkyl halides is 1. The van der Waals surface area contributed by atoms with E-state index in [4.69, 9.17) is 0 Å². The van der Waals surface area contributed by atoms with Crippen LogP contribution < -0.4 is 0 Å². The fourth-order valence-electron chi connectivity index (χ4n) is 2.60. The summed E-state index contributed by atoms with van der Waals surface area (Å²) in [7, 11) is 0. The SMILES string of the molecule is CCCCCCCCC(Br)c1ccc(CC(C)C)cc1. The highest BCUT2D eigenvalue weighted by atomic mass is 79.9. The van der Waals surface area contributed by atoms with Gasteiger partial charge in [0.1, 0.15) is 0 Å². The number of hydrogen-bond donors (Lipinski definition) is 0. The van der Waals surface area contributed by atoms with Crippen LogP contribution in [0.5, 0.6) is 0 Å². The summed E-state index contributed by atoms with van der Waals surface area (Å²) in [6.45, 7) is 6.83. The minimum atomic E-state index is 0.529. The van der Waals surface area contributed by atoms with Gasteiger partial charge >= 0.3 is 0 Å². The van der Waals surface area contributed by atoms with Gasteiger partial charge in [-0.3, -0.25) is 0 Å². The maximum absolute atomic E-state index is 3.84. The summed E-state index contributed by atoms with van der Waals surface area (Å²) in [4.78, 5) is 0.529. The summed E-state index contributed by atoms with van der Waals surface area (Å²) in [6.07, 6.45) is 10.7. The summed E-state index contributed by atoms with van der Waals surface area (Å²) in [6, 6.07) is 9.19. The maximum Gasteiger partial charge on any atom is 0.0395 e. The molecule has 0 radical (unpaired) electrons. The molecule has 1 aromatic rings. The number of halogens is 1. The Kier molecular flexibility index (Phi) is 9.26. The molecule has 0 saturated carbocycles. The molecule has 0 N–H and O–H groups in total. The van der Waals surface area contributed by atoms with Crippen LogP contribution in [-0.4, -0.2) is 0 Å². The number of hydrogen-bond acceptors (Lipinski definition) is 0. The largest absolute Gasteiger partial charge is 0.0839 e. The van der Waals surface area contributed by atoms with Gasteiger partial charge in [-0.25, -0.2) is 0 Å². The van der Waals surface area contributed by atoms with Crippen molar-refractivity contribution in [1.82, 2.24) is 0 Å². The maximum atomic E-state index is 3.84. The lowest BCUT2D eigenvalue weighted by Crippen LogP contribution is -1.95. The van der Waals surface area contributed by atoms with E-state index in [0.717, 1.165) is 5.92 Å². The van der Waals surface area contributed by atoms with Crippen LogP contribution in [0.3, 0.4) is 0 Å². The van der Waals surface area contributed by atoms with Crippen LogP contribution in [-0.2, 0) is 6.42 Å². The minimum absolute atomic E-state index is 0.529. The molecule has 1 aromatic carbocycles. The lowest BCUT2D eigenvalue weighted by molar-refractivity contribution is 0.588. The first-order valence-electron chi connectivity index (χ1n) is 8.36. The summed E-state index contributed by atoms with van der Waals surface area (Å²) >= 11 is 3.84. The lowest BCUT2D eigenvalue weighted by atomic mass is 9.99. The molecule has 0 nitrogen and oxygen atoms in total. The third-order valence-electron chi connectivity index (χ3n) is 3.80. The second-order valence-electron chi connectivity index (χ2n) is 6.36. The van der Waals surface area contributed by atoms with E-state index in [1.165, 1.54) is 62.5 Å². The molecule has 1 atom stereocenters. The second kappa shape index (κ2) is 10.4. The van der Waals surface area contributed by atoms with Gasteiger partial charge in [0.15, 0.2) is 0 Å². The van der Waals surface area contributed by atoms with Crippen molar-refractivity contribution < 1.29 is 0 Å². The molecule has 1 rings (SSSR count). The summed E-state index contributed by atoms with van der Waals surface area (Å²) in [5.74, 6) is 0.740. The summed E-state index contributed by atoms with van der Waals surface area (Å²) < 4.78 is 0. The molecule has 0 spiro atoms. The van der Waals surface area contributed by atoms with Crippen molar-refractivity contribution >= 4 is 15.9 Å².